The third-order valence-electron chi connectivity index (χ3n) is 5.16. The molecule has 1 aliphatic rings. The van der Waals surface area contributed by atoms with E-state index in [1.54, 1.807) is 7.11 Å². The number of nitrogens with one attached hydrogen (secondary N) is 1. The standard InChI is InChI=1S/C26H23NO3/c1-29-17-20-14-12-19(13-15-20)7-6-16-27-26(28)30-18-25-23-10-4-2-8-21(23)22-9-3-5-11-24(22)25/h2-5,8-15,25H,16-18H2,1H3,(H,27,28). The molecule has 0 fully saturated rings. The van der Waals surface area contributed by atoms with Crippen molar-refractivity contribution in [1.82, 2.24) is 5.32 Å². The number of amides is 1. The second kappa shape index (κ2) is 9.30. The van der Waals surface area contributed by atoms with Gasteiger partial charge in [0.2, 0.25) is 0 Å². The smallest absolute Gasteiger partial charge is 0.407 e. The van der Waals surface area contributed by atoms with Crippen LogP contribution in [0.1, 0.15) is 28.2 Å². The average Bonchev–Trinajstić information content (AvgIpc) is 3.10. The summed E-state index contributed by atoms with van der Waals surface area (Å²) < 4.78 is 10.6. The molecule has 0 aliphatic heterocycles. The summed E-state index contributed by atoms with van der Waals surface area (Å²) in [6.07, 6.45) is -0.457. The zero-order chi connectivity index (χ0) is 20.8. The number of hydrogen-bond donors (Lipinski definition) is 1. The third kappa shape index (κ3) is 4.37. The van der Waals surface area contributed by atoms with E-state index >= 15 is 0 Å². The van der Waals surface area contributed by atoms with Crippen molar-refractivity contribution >= 4 is 6.09 Å². The fourth-order valence-electron chi connectivity index (χ4n) is 3.76. The Kier molecular flexibility index (Phi) is 6.12. The maximum absolute atomic E-state index is 12.1. The molecule has 0 spiro atoms. The highest BCUT2D eigenvalue weighted by Gasteiger charge is 2.28. The maximum Gasteiger partial charge on any atom is 0.407 e. The van der Waals surface area contributed by atoms with Crippen molar-refractivity contribution < 1.29 is 14.3 Å². The van der Waals surface area contributed by atoms with E-state index < -0.39 is 6.09 Å². The molecule has 4 nitrogen and oxygen atoms in total. The molecule has 3 aromatic carbocycles. The van der Waals surface area contributed by atoms with Gasteiger partial charge in [-0.05, 0) is 39.9 Å². The molecule has 1 amide bonds. The van der Waals surface area contributed by atoms with Gasteiger partial charge in [-0.3, -0.25) is 0 Å². The second-order valence-corrected chi connectivity index (χ2v) is 7.11. The Morgan fingerprint density at radius 1 is 0.933 bits per heavy atom. The van der Waals surface area contributed by atoms with Gasteiger partial charge in [-0.2, -0.15) is 0 Å². The SMILES string of the molecule is COCc1ccc(C#CCNC(=O)OCC2c3ccccc3-c3ccccc32)cc1. The lowest BCUT2D eigenvalue weighted by Crippen LogP contribution is -2.26. The highest BCUT2D eigenvalue weighted by atomic mass is 16.5. The van der Waals surface area contributed by atoms with Crippen molar-refractivity contribution in [3.05, 3.63) is 95.1 Å². The highest BCUT2D eigenvalue weighted by Crippen LogP contribution is 2.44. The van der Waals surface area contributed by atoms with Crippen LogP contribution in [0, 0.1) is 11.8 Å². The number of ether oxygens (including phenoxy) is 2. The van der Waals surface area contributed by atoms with E-state index in [0.29, 0.717) is 13.2 Å². The number of carbonyl (C=O) groups is 1. The fourth-order valence-corrected chi connectivity index (χ4v) is 3.76. The molecule has 0 saturated heterocycles. The van der Waals surface area contributed by atoms with E-state index in [1.165, 1.54) is 22.3 Å². The molecule has 150 valence electrons. The van der Waals surface area contributed by atoms with Gasteiger partial charge in [0.1, 0.15) is 6.61 Å². The third-order valence-corrected chi connectivity index (χ3v) is 5.16. The molecule has 30 heavy (non-hydrogen) atoms. The molecule has 3 aromatic rings. The van der Waals surface area contributed by atoms with Crippen LogP contribution in [0.2, 0.25) is 0 Å². The lowest BCUT2D eigenvalue weighted by Gasteiger charge is -2.14. The molecule has 0 aromatic heterocycles. The van der Waals surface area contributed by atoms with Crippen molar-refractivity contribution in [1.29, 1.82) is 0 Å². The first-order valence-corrected chi connectivity index (χ1v) is 9.92. The quantitative estimate of drug-likeness (QED) is 0.634. The first kappa shape index (κ1) is 19.8. The highest BCUT2D eigenvalue weighted by molar-refractivity contribution is 5.79. The van der Waals surface area contributed by atoms with E-state index in [9.17, 15) is 4.79 Å². The summed E-state index contributed by atoms with van der Waals surface area (Å²) in [5.74, 6) is 6.04. The van der Waals surface area contributed by atoms with Crippen LogP contribution in [0.25, 0.3) is 11.1 Å². The van der Waals surface area contributed by atoms with Crippen LogP contribution in [0.5, 0.6) is 0 Å². The molecule has 4 rings (SSSR count). The maximum atomic E-state index is 12.1. The number of benzene rings is 3. The number of hydrogen-bond acceptors (Lipinski definition) is 3. The molecule has 1 aliphatic carbocycles. The van der Waals surface area contributed by atoms with Crippen LogP contribution >= 0.6 is 0 Å². The number of fused-ring (bicyclic) bond motifs is 3. The molecule has 0 unspecified atom stereocenters. The van der Waals surface area contributed by atoms with E-state index in [4.69, 9.17) is 9.47 Å². The zero-order valence-corrected chi connectivity index (χ0v) is 16.9. The first-order chi connectivity index (χ1) is 14.8. The number of methoxy groups -OCH3 is 1. The molecule has 0 bridgehead atoms. The first-order valence-electron chi connectivity index (χ1n) is 9.92. The summed E-state index contributed by atoms with van der Waals surface area (Å²) in [6.45, 7) is 1.11. The van der Waals surface area contributed by atoms with Crippen molar-refractivity contribution in [2.24, 2.45) is 0 Å². The van der Waals surface area contributed by atoms with Crippen LogP contribution in [-0.2, 0) is 16.1 Å². The van der Waals surface area contributed by atoms with Gasteiger partial charge in [-0.15, -0.1) is 0 Å². The summed E-state index contributed by atoms with van der Waals surface area (Å²) >= 11 is 0. The lowest BCUT2D eigenvalue weighted by atomic mass is 9.98. The van der Waals surface area contributed by atoms with E-state index in [2.05, 4.69) is 41.4 Å². The van der Waals surface area contributed by atoms with Crippen LogP contribution in [0.3, 0.4) is 0 Å². The predicted octanol–water partition coefficient (Wildman–Crippen LogP) is 4.72. The minimum Gasteiger partial charge on any atom is -0.449 e. The largest absolute Gasteiger partial charge is 0.449 e. The van der Waals surface area contributed by atoms with Crippen LogP contribution in [0.15, 0.2) is 72.8 Å². The van der Waals surface area contributed by atoms with Crippen molar-refractivity contribution in [2.45, 2.75) is 12.5 Å². The number of carbonyl (C=O) groups excluding carboxylic acids is 1. The molecule has 4 heteroatoms. The van der Waals surface area contributed by atoms with Crippen molar-refractivity contribution in [3.63, 3.8) is 0 Å². The Morgan fingerprint density at radius 2 is 1.57 bits per heavy atom. The zero-order valence-electron chi connectivity index (χ0n) is 16.9. The topological polar surface area (TPSA) is 47.6 Å². The van der Waals surface area contributed by atoms with Gasteiger partial charge >= 0.3 is 6.09 Å². The van der Waals surface area contributed by atoms with Gasteiger partial charge in [0, 0.05) is 18.6 Å². The molecular formula is C26H23NO3. The Bertz CT molecular complexity index is 1050. The molecule has 0 heterocycles. The summed E-state index contributed by atoms with van der Waals surface area (Å²) in [5.41, 5.74) is 6.81. The Morgan fingerprint density at radius 3 is 2.20 bits per heavy atom. The van der Waals surface area contributed by atoms with E-state index in [1.807, 2.05) is 48.5 Å². The second-order valence-electron chi connectivity index (χ2n) is 7.11. The molecule has 0 radical (unpaired) electrons. The van der Waals surface area contributed by atoms with E-state index in [-0.39, 0.29) is 12.5 Å². The Balaban J connectivity index is 1.31. The van der Waals surface area contributed by atoms with Crippen LogP contribution in [-0.4, -0.2) is 26.4 Å². The molecular weight excluding hydrogens is 374 g/mol. The lowest BCUT2D eigenvalue weighted by molar-refractivity contribution is 0.144. The Hall–Kier alpha value is -3.55. The van der Waals surface area contributed by atoms with Gasteiger partial charge < -0.3 is 14.8 Å². The summed E-state index contributed by atoms with van der Waals surface area (Å²) in [4.78, 5) is 12.1. The van der Waals surface area contributed by atoms with Crippen LogP contribution in [0.4, 0.5) is 4.79 Å². The molecule has 0 saturated carbocycles. The van der Waals surface area contributed by atoms with Gasteiger partial charge in [0.25, 0.3) is 0 Å². The molecule has 1 N–H and O–H groups in total. The average molecular weight is 397 g/mol. The predicted molar refractivity (Wildman–Crippen MR) is 117 cm³/mol. The van der Waals surface area contributed by atoms with E-state index in [0.717, 1.165) is 11.1 Å². The van der Waals surface area contributed by atoms with Crippen molar-refractivity contribution in [2.75, 3.05) is 20.3 Å². The fraction of sp³-hybridized carbons (Fsp3) is 0.192. The normalized spacial score (nSPS) is 11.8. The minimum atomic E-state index is -0.457. The van der Waals surface area contributed by atoms with Gasteiger partial charge in [-0.1, -0.05) is 72.5 Å². The van der Waals surface area contributed by atoms with Crippen LogP contribution < -0.4 is 5.32 Å². The van der Waals surface area contributed by atoms with Gasteiger partial charge in [0.15, 0.2) is 0 Å². The number of alkyl carbamates (subject to hydrolysis) is 1. The minimum absolute atomic E-state index is 0.0554. The van der Waals surface area contributed by atoms with Crippen molar-refractivity contribution in [3.8, 4) is 23.0 Å². The van der Waals surface area contributed by atoms with Gasteiger partial charge in [-0.25, -0.2) is 4.79 Å². The summed E-state index contributed by atoms with van der Waals surface area (Å²) in [5, 5.41) is 2.70. The molecule has 0 atom stereocenters. The summed E-state index contributed by atoms with van der Waals surface area (Å²) in [6, 6.07) is 24.4. The monoisotopic (exact) mass is 397 g/mol. The number of rotatable bonds is 5. The van der Waals surface area contributed by atoms with Gasteiger partial charge in [0.05, 0.1) is 13.2 Å². The Labute approximate surface area is 176 Å². The summed E-state index contributed by atoms with van der Waals surface area (Å²) in [7, 11) is 1.67.